The van der Waals surface area contributed by atoms with E-state index in [9.17, 15) is 13.2 Å². The number of alkyl halides is 3. The summed E-state index contributed by atoms with van der Waals surface area (Å²) in [6, 6.07) is -2.22. The van der Waals surface area contributed by atoms with Crippen LogP contribution in [0.3, 0.4) is 0 Å². The standard InChI is InChI=1S/C13H23F3N2/c1-9(17)12(13(14,15)16)18-8-4-7-11(18)10-5-2-3-6-10/h9-12H,2-8,17H2,1H3. The second kappa shape index (κ2) is 5.37. The Bertz CT molecular complexity index is 272. The first-order chi connectivity index (χ1) is 8.41. The summed E-state index contributed by atoms with van der Waals surface area (Å²) in [6.45, 7) is 2.02. The van der Waals surface area contributed by atoms with E-state index in [1.807, 2.05) is 0 Å². The van der Waals surface area contributed by atoms with E-state index in [0.29, 0.717) is 12.5 Å². The highest BCUT2D eigenvalue weighted by Gasteiger charge is 2.50. The Morgan fingerprint density at radius 3 is 2.22 bits per heavy atom. The van der Waals surface area contributed by atoms with Gasteiger partial charge >= 0.3 is 6.18 Å². The van der Waals surface area contributed by atoms with Gasteiger partial charge in [-0.15, -0.1) is 0 Å². The zero-order valence-electron chi connectivity index (χ0n) is 10.9. The molecule has 0 radical (unpaired) electrons. The molecule has 0 spiro atoms. The average molecular weight is 264 g/mol. The third kappa shape index (κ3) is 2.82. The molecule has 5 heteroatoms. The van der Waals surface area contributed by atoms with Crippen LogP contribution >= 0.6 is 0 Å². The first kappa shape index (κ1) is 14.1. The smallest absolute Gasteiger partial charge is 0.326 e. The highest BCUT2D eigenvalue weighted by molar-refractivity contribution is 4.96. The second-order valence-electron chi connectivity index (χ2n) is 5.84. The van der Waals surface area contributed by atoms with E-state index in [0.717, 1.165) is 25.7 Å². The molecular weight excluding hydrogens is 241 g/mol. The Hall–Kier alpha value is -0.290. The molecule has 0 aromatic rings. The number of nitrogens with zero attached hydrogens (tertiary/aromatic N) is 1. The normalized spacial score (nSPS) is 30.8. The van der Waals surface area contributed by atoms with Crippen LogP contribution in [-0.2, 0) is 0 Å². The van der Waals surface area contributed by atoms with E-state index >= 15 is 0 Å². The van der Waals surface area contributed by atoms with Gasteiger partial charge in [0.1, 0.15) is 6.04 Å². The number of hydrogen-bond donors (Lipinski definition) is 1. The van der Waals surface area contributed by atoms with Crippen LogP contribution in [0.5, 0.6) is 0 Å². The van der Waals surface area contributed by atoms with Crippen LogP contribution in [0.4, 0.5) is 13.2 Å². The summed E-state index contributed by atoms with van der Waals surface area (Å²) < 4.78 is 39.5. The fraction of sp³-hybridized carbons (Fsp3) is 1.00. The molecule has 2 N–H and O–H groups in total. The molecule has 0 aromatic heterocycles. The van der Waals surface area contributed by atoms with Crippen molar-refractivity contribution in [2.45, 2.75) is 69.8 Å². The van der Waals surface area contributed by atoms with Gasteiger partial charge in [-0.1, -0.05) is 12.8 Å². The lowest BCUT2D eigenvalue weighted by Gasteiger charge is -2.38. The number of rotatable bonds is 3. The summed E-state index contributed by atoms with van der Waals surface area (Å²) in [5.74, 6) is 0.455. The van der Waals surface area contributed by atoms with Crippen molar-refractivity contribution in [3.63, 3.8) is 0 Å². The molecule has 2 rings (SSSR count). The molecule has 1 saturated heterocycles. The summed E-state index contributed by atoms with van der Waals surface area (Å²) >= 11 is 0. The minimum Gasteiger partial charge on any atom is -0.326 e. The predicted molar refractivity (Wildman–Crippen MR) is 65.2 cm³/mol. The van der Waals surface area contributed by atoms with Crippen LogP contribution in [0.2, 0.25) is 0 Å². The van der Waals surface area contributed by atoms with Gasteiger partial charge in [-0.25, -0.2) is 0 Å². The SMILES string of the molecule is CC(N)C(N1CCCC1C1CCCC1)C(F)(F)F. The van der Waals surface area contributed by atoms with Crippen molar-refractivity contribution in [1.29, 1.82) is 0 Å². The fourth-order valence-electron chi connectivity index (χ4n) is 3.80. The van der Waals surface area contributed by atoms with Crippen molar-refractivity contribution in [2.24, 2.45) is 11.7 Å². The van der Waals surface area contributed by atoms with Crippen molar-refractivity contribution >= 4 is 0 Å². The second-order valence-corrected chi connectivity index (χ2v) is 5.84. The molecule has 2 aliphatic rings. The number of hydrogen-bond acceptors (Lipinski definition) is 2. The first-order valence-electron chi connectivity index (χ1n) is 6.99. The molecular formula is C13H23F3N2. The van der Waals surface area contributed by atoms with E-state index < -0.39 is 18.3 Å². The maximum absolute atomic E-state index is 13.2. The summed E-state index contributed by atoms with van der Waals surface area (Å²) in [5.41, 5.74) is 5.60. The Balaban J connectivity index is 2.13. The lowest BCUT2D eigenvalue weighted by Crippen LogP contribution is -2.57. The maximum Gasteiger partial charge on any atom is 0.405 e. The summed E-state index contributed by atoms with van der Waals surface area (Å²) in [7, 11) is 0. The lowest BCUT2D eigenvalue weighted by atomic mass is 9.94. The fourth-order valence-corrected chi connectivity index (χ4v) is 3.80. The van der Waals surface area contributed by atoms with Crippen LogP contribution in [0.15, 0.2) is 0 Å². The van der Waals surface area contributed by atoms with Crippen LogP contribution in [0.25, 0.3) is 0 Å². The van der Waals surface area contributed by atoms with Gasteiger partial charge in [0.2, 0.25) is 0 Å². The molecule has 1 saturated carbocycles. The van der Waals surface area contributed by atoms with Crippen molar-refractivity contribution in [2.75, 3.05) is 6.54 Å². The average Bonchev–Trinajstić information content (AvgIpc) is 2.82. The molecule has 3 atom stereocenters. The molecule has 1 aliphatic carbocycles. The van der Waals surface area contributed by atoms with Crippen molar-refractivity contribution < 1.29 is 13.2 Å². The van der Waals surface area contributed by atoms with E-state index in [-0.39, 0.29) is 6.04 Å². The van der Waals surface area contributed by atoms with E-state index in [1.54, 1.807) is 4.90 Å². The summed E-state index contributed by atoms with van der Waals surface area (Å²) in [4.78, 5) is 1.65. The Labute approximate surface area is 107 Å². The van der Waals surface area contributed by atoms with Gasteiger partial charge in [0.05, 0.1) is 0 Å². The summed E-state index contributed by atoms with van der Waals surface area (Å²) in [6.07, 6.45) is 2.09. The van der Waals surface area contributed by atoms with Gasteiger partial charge in [0, 0.05) is 12.1 Å². The molecule has 18 heavy (non-hydrogen) atoms. The number of nitrogens with two attached hydrogens (primary N) is 1. The van der Waals surface area contributed by atoms with E-state index in [4.69, 9.17) is 5.73 Å². The van der Waals surface area contributed by atoms with Crippen molar-refractivity contribution in [3.05, 3.63) is 0 Å². The monoisotopic (exact) mass is 264 g/mol. The van der Waals surface area contributed by atoms with E-state index in [1.165, 1.54) is 19.8 Å². The Morgan fingerprint density at radius 2 is 1.72 bits per heavy atom. The highest BCUT2D eigenvalue weighted by Crippen LogP contribution is 2.39. The molecule has 1 heterocycles. The van der Waals surface area contributed by atoms with Gasteiger partial charge in [0.15, 0.2) is 0 Å². The molecule has 3 unspecified atom stereocenters. The minimum absolute atomic E-state index is 0.102. The molecule has 106 valence electrons. The van der Waals surface area contributed by atoms with Crippen LogP contribution < -0.4 is 5.73 Å². The number of halogens is 3. The lowest BCUT2D eigenvalue weighted by molar-refractivity contribution is -0.192. The molecule has 0 bridgehead atoms. The number of likely N-dealkylation sites (tertiary alicyclic amines) is 1. The van der Waals surface area contributed by atoms with Gasteiger partial charge < -0.3 is 5.73 Å². The Morgan fingerprint density at radius 1 is 1.11 bits per heavy atom. The zero-order chi connectivity index (χ0) is 13.3. The van der Waals surface area contributed by atoms with E-state index in [2.05, 4.69) is 0 Å². The van der Waals surface area contributed by atoms with Crippen LogP contribution in [0, 0.1) is 5.92 Å². The molecule has 1 aliphatic heterocycles. The van der Waals surface area contributed by atoms with Crippen LogP contribution in [-0.4, -0.2) is 35.7 Å². The van der Waals surface area contributed by atoms with Gasteiger partial charge in [-0.2, -0.15) is 13.2 Å². The molecule has 0 aromatic carbocycles. The highest BCUT2D eigenvalue weighted by atomic mass is 19.4. The molecule has 0 amide bonds. The quantitative estimate of drug-likeness (QED) is 0.849. The van der Waals surface area contributed by atoms with Crippen molar-refractivity contribution in [3.8, 4) is 0 Å². The zero-order valence-corrected chi connectivity index (χ0v) is 10.9. The van der Waals surface area contributed by atoms with Crippen molar-refractivity contribution in [1.82, 2.24) is 4.90 Å². The predicted octanol–water partition coefficient (Wildman–Crippen LogP) is 2.92. The first-order valence-corrected chi connectivity index (χ1v) is 6.99. The largest absolute Gasteiger partial charge is 0.405 e. The van der Waals surface area contributed by atoms with Gasteiger partial charge in [-0.3, -0.25) is 4.90 Å². The minimum atomic E-state index is -4.21. The van der Waals surface area contributed by atoms with Gasteiger partial charge in [0.25, 0.3) is 0 Å². The third-order valence-electron chi connectivity index (χ3n) is 4.48. The maximum atomic E-state index is 13.2. The van der Waals surface area contributed by atoms with Gasteiger partial charge in [-0.05, 0) is 45.1 Å². The van der Waals surface area contributed by atoms with Crippen LogP contribution in [0.1, 0.15) is 45.4 Å². The molecule has 2 fully saturated rings. The molecule has 2 nitrogen and oxygen atoms in total. The third-order valence-corrected chi connectivity index (χ3v) is 4.48. The topological polar surface area (TPSA) is 29.3 Å². The Kier molecular flexibility index (Phi) is 4.22. The summed E-state index contributed by atoms with van der Waals surface area (Å²) in [5, 5.41) is 0.